The third-order valence-electron chi connectivity index (χ3n) is 7.15. The van der Waals surface area contributed by atoms with E-state index in [2.05, 4.69) is 12.1 Å². The molecule has 0 bridgehead atoms. The van der Waals surface area contributed by atoms with Crippen molar-refractivity contribution in [1.82, 2.24) is 0 Å². The van der Waals surface area contributed by atoms with Crippen LogP contribution in [0.25, 0.3) is 0 Å². The van der Waals surface area contributed by atoms with Gasteiger partial charge in [-0.25, -0.2) is 4.79 Å². The normalized spacial score (nSPS) is 12.2. The van der Waals surface area contributed by atoms with Gasteiger partial charge in [0.1, 0.15) is 46.5 Å². The van der Waals surface area contributed by atoms with E-state index in [0.717, 1.165) is 24.0 Å². The first kappa shape index (κ1) is 30.5. The Kier molecular flexibility index (Phi) is 10.5. The van der Waals surface area contributed by atoms with Gasteiger partial charge < -0.3 is 28.8 Å². The van der Waals surface area contributed by atoms with Crippen molar-refractivity contribution in [3.8, 4) is 28.7 Å². The Hall–Kier alpha value is -4.49. The van der Waals surface area contributed by atoms with Crippen molar-refractivity contribution >= 4 is 5.97 Å². The van der Waals surface area contributed by atoms with Crippen LogP contribution in [0.2, 0.25) is 0 Å². The minimum absolute atomic E-state index is 0.342. The number of aryl methyl sites for hydroxylation is 2. The molecule has 7 nitrogen and oxygen atoms in total. The van der Waals surface area contributed by atoms with Crippen molar-refractivity contribution in [3.05, 3.63) is 113 Å². The molecular weight excluding hydrogens is 532 g/mol. The average molecular weight is 571 g/mol. The molecule has 0 aliphatic heterocycles. The van der Waals surface area contributed by atoms with Gasteiger partial charge in [0.15, 0.2) is 0 Å². The largest absolute Gasteiger partial charge is 0.496 e. The van der Waals surface area contributed by atoms with E-state index in [4.69, 9.17) is 23.7 Å². The number of esters is 1. The molecule has 42 heavy (non-hydrogen) atoms. The van der Waals surface area contributed by atoms with Crippen LogP contribution in [0.1, 0.15) is 51.6 Å². The number of carbonyl (C=O) groups excluding carboxylic acids is 1. The molecule has 0 aliphatic carbocycles. The fourth-order valence-electron chi connectivity index (χ4n) is 4.81. The number of aliphatic hydroxyl groups is 1. The minimum atomic E-state index is -0.935. The first-order valence-electron chi connectivity index (χ1n) is 13.9. The molecule has 0 heterocycles. The molecular formula is C35H38O7. The van der Waals surface area contributed by atoms with Gasteiger partial charge in [-0.05, 0) is 98.3 Å². The molecule has 0 spiro atoms. The summed E-state index contributed by atoms with van der Waals surface area (Å²) in [4.78, 5) is 12.2. The molecule has 4 aromatic carbocycles. The van der Waals surface area contributed by atoms with Crippen LogP contribution < -0.4 is 18.9 Å². The van der Waals surface area contributed by atoms with Gasteiger partial charge in [-0.1, -0.05) is 36.4 Å². The molecule has 220 valence electrons. The summed E-state index contributed by atoms with van der Waals surface area (Å²) < 4.78 is 28.4. The van der Waals surface area contributed by atoms with Crippen molar-refractivity contribution in [2.24, 2.45) is 0 Å². The molecule has 0 aliphatic rings. The monoisotopic (exact) mass is 570 g/mol. The van der Waals surface area contributed by atoms with Crippen LogP contribution in [0.5, 0.6) is 28.7 Å². The molecule has 1 N–H and O–H groups in total. The van der Waals surface area contributed by atoms with Gasteiger partial charge in [0, 0.05) is 5.56 Å². The highest BCUT2D eigenvalue weighted by molar-refractivity contribution is 5.92. The molecule has 0 unspecified atom stereocenters. The zero-order chi connectivity index (χ0) is 30.1. The molecule has 0 saturated carbocycles. The van der Waals surface area contributed by atoms with Gasteiger partial charge >= 0.3 is 5.97 Å². The lowest BCUT2D eigenvalue weighted by molar-refractivity contribution is 0.0289. The van der Waals surface area contributed by atoms with Gasteiger partial charge in [0.05, 0.1) is 21.3 Å². The van der Waals surface area contributed by atoms with E-state index in [1.165, 1.54) is 12.7 Å². The number of rotatable bonds is 13. The minimum Gasteiger partial charge on any atom is -0.496 e. The lowest BCUT2D eigenvalue weighted by Crippen LogP contribution is -2.26. The maximum Gasteiger partial charge on any atom is 0.341 e. The molecule has 0 amide bonds. The lowest BCUT2D eigenvalue weighted by atomic mass is 9.97. The van der Waals surface area contributed by atoms with E-state index in [1.807, 2.05) is 50.2 Å². The lowest BCUT2D eigenvalue weighted by Gasteiger charge is -2.26. The first-order chi connectivity index (χ1) is 20.3. The SMILES string of the molecule is COC(=O)c1ccc(C)cc1Oc1ccc(O[C@@H](CCCc2ccccc2)[C@H](O)c2cc(OC)c(C)c(OC)c2)cc1. The van der Waals surface area contributed by atoms with Gasteiger partial charge in [0.25, 0.3) is 0 Å². The van der Waals surface area contributed by atoms with Crippen molar-refractivity contribution in [3.63, 3.8) is 0 Å². The summed E-state index contributed by atoms with van der Waals surface area (Å²) in [6.45, 7) is 3.84. The fraction of sp³-hybridized carbons (Fsp3) is 0.286. The van der Waals surface area contributed by atoms with Crippen LogP contribution in [0, 0.1) is 13.8 Å². The Bertz CT molecular complexity index is 1440. The predicted octanol–water partition coefficient (Wildman–Crippen LogP) is 7.40. The summed E-state index contributed by atoms with van der Waals surface area (Å²) >= 11 is 0. The van der Waals surface area contributed by atoms with Crippen LogP contribution >= 0.6 is 0 Å². The summed E-state index contributed by atoms with van der Waals surface area (Å²) in [5, 5.41) is 11.5. The zero-order valence-corrected chi connectivity index (χ0v) is 24.8. The number of methoxy groups -OCH3 is 3. The number of hydrogen-bond donors (Lipinski definition) is 1. The predicted molar refractivity (Wildman–Crippen MR) is 162 cm³/mol. The molecule has 2 atom stereocenters. The Labute approximate surface area is 247 Å². The Morgan fingerprint density at radius 1 is 0.786 bits per heavy atom. The van der Waals surface area contributed by atoms with Gasteiger partial charge in [-0.15, -0.1) is 0 Å². The summed E-state index contributed by atoms with van der Waals surface area (Å²) in [7, 11) is 4.53. The highest BCUT2D eigenvalue weighted by Gasteiger charge is 2.25. The number of carbonyl (C=O) groups is 1. The maximum absolute atomic E-state index is 12.2. The third kappa shape index (κ3) is 7.62. The van der Waals surface area contributed by atoms with E-state index in [9.17, 15) is 9.90 Å². The van der Waals surface area contributed by atoms with Crippen LogP contribution in [0.15, 0.2) is 84.9 Å². The van der Waals surface area contributed by atoms with E-state index < -0.39 is 18.2 Å². The molecule has 0 radical (unpaired) electrons. The van der Waals surface area contributed by atoms with E-state index in [0.29, 0.717) is 46.3 Å². The highest BCUT2D eigenvalue weighted by atomic mass is 16.5. The average Bonchev–Trinajstić information content (AvgIpc) is 3.01. The molecule has 4 rings (SSSR count). The van der Waals surface area contributed by atoms with Crippen molar-refractivity contribution in [1.29, 1.82) is 0 Å². The standard InChI is InChI=1S/C35H38O7/c1-23-14-19-29(35(37)40-5)33(20-23)42-28-17-15-27(16-18-28)41-30(13-9-12-25-10-7-6-8-11-25)34(36)26-21-31(38-3)24(2)32(22-26)39-4/h6-8,10-11,14-22,30,34,36H,9,12-13H2,1-5H3/t30-,34+/m0/s1. The smallest absolute Gasteiger partial charge is 0.341 e. The van der Waals surface area contributed by atoms with Gasteiger partial charge in [-0.3, -0.25) is 0 Å². The highest BCUT2D eigenvalue weighted by Crippen LogP contribution is 2.35. The molecule has 0 fully saturated rings. The van der Waals surface area contributed by atoms with Gasteiger partial charge in [-0.2, -0.15) is 0 Å². The van der Waals surface area contributed by atoms with Crippen LogP contribution in [-0.4, -0.2) is 38.5 Å². The topological polar surface area (TPSA) is 83.5 Å². The van der Waals surface area contributed by atoms with Crippen LogP contribution in [-0.2, 0) is 11.2 Å². The second kappa shape index (κ2) is 14.4. The summed E-state index contributed by atoms with van der Waals surface area (Å²) in [5.74, 6) is 2.32. The zero-order valence-electron chi connectivity index (χ0n) is 24.8. The van der Waals surface area contributed by atoms with Crippen molar-refractivity contribution in [2.75, 3.05) is 21.3 Å². The first-order valence-corrected chi connectivity index (χ1v) is 13.9. The second-order valence-corrected chi connectivity index (χ2v) is 10.1. The van der Waals surface area contributed by atoms with E-state index >= 15 is 0 Å². The summed E-state index contributed by atoms with van der Waals surface area (Å²) in [6.07, 6.45) is 0.810. The summed E-state index contributed by atoms with van der Waals surface area (Å²) in [5.41, 5.74) is 4.03. The Morgan fingerprint density at radius 3 is 2.05 bits per heavy atom. The van der Waals surface area contributed by atoms with Crippen LogP contribution in [0.4, 0.5) is 0 Å². The van der Waals surface area contributed by atoms with Crippen molar-refractivity contribution in [2.45, 2.75) is 45.3 Å². The fourth-order valence-corrected chi connectivity index (χ4v) is 4.81. The second-order valence-electron chi connectivity index (χ2n) is 10.1. The molecule has 7 heteroatoms. The Balaban J connectivity index is 1.55. The number of benzene rings is 4. The number of hydrogen-bond acceptors (Lipinski definition) is 7. The van der Waals surface area contributed by atoms with E-state index in [-0.39, 0.29) is 0 Å². The quantitative estimate of drug-likeness (QED) is 0.168. The summed E-state index contributed by atoms with van der Waals surface area (Å²) in [6, 6.07) is 26.3. The van der Waals surface area contributed by atoms with Crippen LogP contribution in [0.3, 0.4) is 0 Å². The van der Waals surface area contributed by atoms with E-state index in [1.54, 1.807) is 50.6 Å². The molecule has 0 aromatic heterocycles. The van der Waals surface area contributed by atoms with Gasteiger partial charge in [0.2, 0.25) is 0 Å². The van der Waals surface area contributed by atoms with Crippen molar-refractivity contribution < 1.29 is 33.6 Å². The maximum atomic E-state index is 12.2. The Morgan fingerprint density at radius 2 is 1.43 bits per heavy atom. The number of aliphatic hydroxyl groups excluding tert-OH is 1. The third-order valence-corrected chi connectivity index (χ3v) is 7.15. The molecule has 0 saturated heterocycles. The number of ether oxygens (including phenoxy) is 5. The molecule has 4 aromatic rings.